The first-order valence-corrected chi connectivity index (χ1v) is 15.0. The highest BCUT2D eigenvalue weighted by atomic mass is 16.4. The summed E-state index contributed by atoms with van der Waals surface area (Å²) in [5, 5.41) is 60.0. The number of aliphatic hydroxyl groups excluding tert-OH is 3. The number of piperidine rings is 1. The van der Waals surface area contributed by atoms with E-state index < -0.39 is 93.3 Å². The molecule has 1 fully saturated rings. The molecule has 1 aliphatic heterocycles. The number of phenols is 1. The minimum Gasteiger partial charge on any atom is -0.510 e. The van der Waals surface area contributed by atoms with Gasteiger partial charge in [-0.15, -0.1) is 0 Å². The first kappa shape index (κ1) is 32.6. The Morgan fingerprint density at radius 1 is 1.16 bits per heavy atom. The van der Waals surface area contributed by atoms with Crippen molar-refractivity contribution < 1.29 is 44.7 Å². The Morgan fingerprint density at radius 2 is 1.78 bits per heavy atom. The molecule has 244 valence electrons. The third-order valence-electron chi connectivity index (χ3n) is 10.3. The molecule has 0 radical (unpaired) electrons. The lowest BCUT2D eigenvalue weighted by atomic mass is 9.55. The number of benzene rings is 1. The number of Topliss-reactive ketones (excluding diaryl/α,β-unsaturated/α-hetero) is 2. The van der Waals surface area contributed by atoms with Crippen LogP contribution in [-0.4, -0.2) is 116 Å². The molecular weight excluding hydrogens is 586 g/mol. The van der Waals surface area contributed by atoms with Gasteiger partial charge in [0.05, 0.1) is 35.4 Å². The topological polar surface area (TPSA) is 240 Å². The minimum absolute atomic E-state index is 0.0558. The number of likely N-dealkylation sites (N-methyl/N-ethyl adjacent to an activating group) is 1. The minimum atomic E-state index is -3.00. The van der Waals surface area contributed by atoms with Crippen LogP contribution >= 0.6 is 0 Å². The summed E-state index contributed by atoms with van der Waals surface area (Å²) >= 11 is 0. The normalized spacial score (nSPS) is 31.4. The molecule has 0 spiro atoms. The van der Waals surface area contributed by atoms with Gasteiger partial charge in [0.15, 0.2) is 17.1 Å². The lowest BCUT2D eigenvalue weighted by Crippen LogP contribution is -2.68. The van der Waals surface area contributed by atoms with Crippen molar-refractivity contribution in [1.29, 1.82) is 0 Å². The lowest BCUT2D eigenvalue weighted by Gasteiger charge is -2.53. The number of hydrogen-bond donors (Lipinski definition) is 8. The zero-order valence-electron chi connectivity index (χ0n) is 25.6. The number of aromatic hydroxyl groups is 1. The Labute approximate surface area is 260 Å². The van der Waals surface area contributed by atoms with Gasteiger partial charge in [0.25, 0.3) is 5.91 Å². The van der Waals surface area contributed by atoms with Gasteiger partial charge < -0.3 is 42.3 Å². The summed E-state index contributed by atoms with van der Waals surface area (Å²) in [6.45, 7) is 5.33. The van der Waals surface area contributed by atoms with Gasteiger partial charge >= 0.3 is 0 Å². The fourth-order valence-electron chi connectivity index (χ4n) is 7.70. The summed E-state index contributed by atoms with van der Waals surface area (Å²) in [6.07, 6.45) is 0.0292. The van der Waals surface area contributed by atoms with Crippen LogP contribution in [0.15, 0.2) is 34.8 Å². The number of amides is 2. The Balaban J connectivity index is 1.55. The van der Waals surface area contributed by atoms with Crippen LogP contribution in [-0.2, 0) is 14.4 Å². The van der Waals surface area contributed by atoms with Crippen LogP contribution < -0.4 is 16.8 Å². The van der Waals surface area contributed by atoms with Gasteiger partial charge in [-0.25, -0.2) is 0 Å². The SMILES string of the molecule is CC1c2ccc(NC(=O)C(C)N3CCC(CN)CC3)c(O)c2C(=O)C2=C(O)[C@]3(O)C(=O)C(C(N)=O)=C(O)[C@@H](N(C)C)C3C(O)C21. The van der Waals surface area contributed by atoms with Crippen LogP contribution in [0.3, 0.4) is 0 Å². The largest absolute Gasteiger partial charge is 0.510 e. The fourth-order valence-corrected chi connectivity index (χ4v) is 7.70. The summed E-state index contributed by atoms with van der Waals surface area (Å²) in [4.78, 5) is 56.4. The first-order valence-electron chi connectivity index (χ1n) is 15.0. The number of anilines is 1. The van der Waals surface area contributed by atoms with E-state index in [0.717, 1.165) is 12.8 Å². The number of nitrogens with zero attached hydrogens (tertiary/aromatic N) is 2. The highest BCUT2D eigenvalue weighted by Gasteiger charge is 2.67. The molecule has 14 heteroatoms. The molecule has 5 rings (SSSR count). The average Bonchev–Trinajstić information content (AvgIpc) is 2.99. The molecule has 1 saturated heterocycles. The lowest BCUT2D eigenvalue weighted by molar-refractivity contribution is -0.162. The van der Waals surface area contributed by atoms with Crippen molar-refractivity contribution in [3.8, 4) is 5.75 Å². The molecule has 1 aromatic rings. The molecule has 10 N–H and O–H groups in total. The predicted molar refractivity (Wildman–Crippen MR) is 161 cm³/mol. The fraction of sp³-hybridized carbons (Fsp3) is 0.548. The summed E-state index contributed by atoms with van der Waals surface area (Å²) in [5.74, 6) is -9.79. The maximum Gasteiger partial charge on any atom is 0.255 e. The molecule has 0 saturated carbocycles. The van der Waals surface area contributed by atoms with Crippen LogP contribution in [0.5, 0.6) is 5.75 Å². The van der Waals surface area contributed by atoms with Crippen molar-refractivity contribution in [3.63, 3.8) is 0 Å². The molecule has 2 amide bonds. The number of aliphatic hydroxyl groups is 4. The predicted octanol–water partition coefficient (Wildman–Crippen LogP) is -0.350. The summed E-state index contributed by atoms with van der Waals surface area (Å²) in [5.41, 5.74) is 6.63. The molecule has 7 atom stereocenters. The van der Waals surface area contributed by atoms with Crippen LogP contribution in [0.2, 0.25) is 0 Å². The number of rotatable bonds is 6. The van der Waals surface area contributed by atoms with Crippen LogP contribution in [0, 0.1) is 17.8 Å². The highest BCUT2D eigenvalue weighted by Crippen LogP contribution is 2.56. The van der Waals surface area contributed by atoms with Crippen molar-refractivity contribution >= 4 is 29.1 Å². The average molecular weight is 628 g/mol. The van der Waals surface area contributed by atoms with E-state index in [0.29, 0.717) is 31.1 Å². The first-order chi connectivity index (χ1) is 21.1. The smallest absolute Gasteiger partial charge is 0.255 e. The van der Waals surface area contributed by atoms with E-state index in [1.54, 1.807) is 13.8 Å². The van der Waals surface area contributed by atoms with E-state index in [1.807, 2.05) is 4.90 Å². The maximum atomic E-state index is 14.1. The van der Waals surface area contributed by atoms with Gasteiger partial charge in [-0.2, -0.15) is 0 Å². The molecule has 0 bridgehead atoms. The Bertz CT molecular complexity index is 1530. The van der Waals surface area contributed by atoms with Gasteiger partial charge in [-0.1, -0.05) is 13.0 Å². The van der Waals surface area contributed by atoms with E-state index in [1.165, 1.54) is 31.1 Å². The van der Waals surface area contributed by atoms with E-state index >= 15 is 0 Å². The molecule has 1 aromatic carbocycles. The number of phenolic OH excluding ortho intramolecular Hbond substituents is 1. The quantitative estimate of drug-likeness (QED) is 0.149. The molecule has 5 unspecified atom stereocenters. The number of ketones is 2. The third kappa shape index (κ3) is 4.74. The summed E-state index contributed by atoms with van der Waals surface area (Å²) in [6, 6.07) is 1.09. The van der Waals surface area contributed by atoms with Crippen molar-refractivity contribution in [2.75, 3.05) is 39.0 Å². The Morgan fingerprint density at radius 3 is 2.33 bits per heavy atom. The van der Waals surface area contributed by atoms with E-state index in [4.69, 9.17) is 11.5 Å². The van der Waals surface area contributed by atoms with E-state index in [-0.39, 0.29) is 11.3 Å². The number of nitrogens with one attached hydrogen (secondary N) is 1. The second-order valence-corrected chi connectivity index (χ2v) is 12.9. The van der Waals surface area contributed by atoms with Crippen molar-refractivity contribution in [1.82, 2.24) is 9.80 Å². The van der Waals surface area contributed by atoms with Crippen molar-refractivity contribution in [3.05, 3.63) is 45.9 Å². The van der Waals surface area contributed by atoms with Gasteiger partial charge in [0.1, 0.15) is 17.1 Å². The second-order valence-electron chi connectivity index (χ2n) is 12.9. The zero-order chi connectivity index (χ0) is 33.3. The number of carbonyl (C=O) groups is 4. The van der Waals surface area contributed by atoms with Crippen molar-refractivity contribution in [2.24, 2.45) is 29.2 Å². The number of likely N-dealkylation sites (tertiary alicyclic amines) is 1. The van der Waals surface area contributed by atoms with E-state index in [2.05, 4.69) is 5.32 Å². The number of hydrogen-bond acceptors (Lipinski definition) is 12. The molecule has 3 aliphatic carbocycles. The number of carbonyl (C=O) groups excluding carboxylic acids is 4. The molecular formula is C31H41N5O9. The maximum absolute atomic E-state index is 14.1. The Hall–Kier alpha value is -3.82. The second kappa shape index (κ2) is 11.5. The molecule has 45 heavy (non-hydrogen) atoms. The molecule has 1 heterocycles. The van der Waals surface area contributed by atoms with Crippen LogP contribution in [0.4, 0.5) is 5.69 Å². The van der Waals surface area contributed by atoms with Gasteiger partial charge in [0.2, 0.25) is 11.7 Å². The number of nitrogens with two attached hydrogens (primary N) is 2. The molecule has 4 aliphatic rings. The van der Waals surface area contributed by atoms with Gasteiger partial charge in [-0.05, 0) is 77.0 Å². The summed E-state index contributed by atoms with van der Waals surface area (Å²) < 4.78 is 0. The summed E-state index contributed by atoms with van der Waals surface area (Å²) in [7, 11) is 2.95. The molecule has 0 aromatic heterocycles. The number of fused-ring (bicyclic) bond motifs is 3. The van der Waals surface area contributed by atoms with Gasteiger partial charge in [0, 0.05) is 11.5 Å². The number of primary amides is 1. The zero-order valence-corrected chi connectivity index (χ0v) is 25.6. The Kier molecular flexibility index (Phi) is 8.34. The van der Waals surface area contributed by atoms with Gasteiger partial charge in [-0.3, -0.25) is 29.0 Å². The van der Waals surface area contributed by atoms with E-state index in [9.17, 15) is 44.7 Å². The highest BCUT2D eigenvalue weighted by molar-refractivity contribution is 6.25. The molecule has 14 nitrogen and oxygen atoms in total. The van der Waals surface area contributed by atoms with Crippen LogP contribution in [0.25, 0.3) is 0 Å². The standard InChI is InChI=1S/C31H41N5O9/c1-12-15-5-6-16(34-30(44)13(2)36-9-7-14(11-32)8-10-36)23(37)18(15)24(38)19-17(12)25(39)21-22(35(3)4)26(40)20(29(33)43)28(42)31(21,45)27(19)41/h5-6,12-14,17,21-22,25,37,39-41,45H,7-11,32H2,1-4H3,(H2,33,43)(H,34,44)/t12?,13?,17?,21?,22-,25?,31-/m0/s1. The van der Waals surface area contributed by atoms with Crippen LogP contribution in [0.1, 0.15) is 48.5 Å². The monoisotopic (exact) mass is 627 g/mol. The van der Waals surface area contributed by atoms with Crippen molar-refractivity contribution in [2.45, 2.75) is 56.4 Å². The third-order valence-corrected chi connectivity index (χ3v) is 10.3.